The van der Waals surface area contributed by atoms with Gasteiger partial charge in [-0.3, -0.25) is 0 Å². The van der Waals surface area contributed by atoms with E-state index in [0.29, 0.717) is 5.56 Å². The Balaban J connectivity index is 2.13. The second-order valence-electron chi connectivity index (χ2n) is 4.17. The average molecular weight is 241 g/mol. The zero-order chi connectivity index (χ0) is 12.3. The zero-order valence-electron chi connectivity index (χ0n) is 9.37. The molecule has 17 heavy (non-hydrogen) atoms. The molecular formula is C13H14F3N. The van der Waals surface area contributed by atoms with E-state index in [-0.39, 0.29) is 0 Å². The molecular weight excluding hydrogens is 227 g/mol. The largest absolute Gasteiger partial charge is 0.393 e. The normalized spacial score (nSPS) is 16.3. The van der Waals surface area contributed by atoms with Crippen LogP contribution in [0, 0.1) is 0 Å². The van der Waals surface area contributed by atoms with Crippen molar-refractivity contribution in [1.82, 2.24) is 0 Å². The molecule has 1 aliphatic heterocycles. The molecule has 0 fully saturated rings. The predicted octanol–water partition coefficient (Wildman–Crippen LogP) is 3.56. The summed E-state index contributed by atoms with van der Waals surface area (Å²) in [5, 5.41) is 0. The highest BCUT2D eigenvalue weighted by Gasteiger charge is 2.27. The molecule has 1 heterocycles. The van der Waals surface area contributed by atoms with E-state index in [4.69, 9.17) is 0 Å². The molecule has 0 N–H and O–H groups in total. The van der Waals surface area contributed by atoms with Crippen LogP contribution in [0.25, 0.3) is 0 Å². The second kappa shape index (κ2) is 4.82. The van der Waals surface area contributed by atoms with Crippen LogP contribution in [0.2, 0.25) is 0 Å². The van der Waals surface area contributed by atoms with Crippen LogP contribution in [-0.2, 0) is 6.42 Å². The van der Waals surface area contributed by atoms with Crippen molar-refractivity contribution in [3.05, 3.63) is 42.0 Å². The molecule has 0 aliphatic carbocycles. The highest BCUT2D eigenvalue weighted by Crippen LogP contribution is 2.24. The molecule has 0 atom stereocenters. The van der Waals surface area contributed by atoms with Crippen molar-refractivity contribution < 1.29 is 13.2 Å². The molecule has 1 aromatic carbocycles. The van der Waals surface area contributed by atoms with Crippen LogP contribution in [0.1, 0.15) is 12.0 Å². The lowest BCUT2D eigenvalue weighted by molar-refractivity contribution is -0.127. The smallest absolute Gasteiger partial charge is 0.367 e. The third kappa shape index (κ3) is 3.51. The van der Waals surface area contributed by atoms with E-state index < -0.39 is 12.6 Å². The van der Waals surface area contributed by atoms with Crippen LogP contribution < -0.4 is 4.90 Å². The molecule has 0 amide bonds. The van der Waals surface area contributed by atoms with Gasteiger partial charge < -0.3 is 4.90 Å². The van der Waals surface area contributed by atoms with Gasteiger partial charge in [-0.15, -0.1) is 0 Å². The summed E-state index contributed by atoms with van der Waals surface area (Å²) in [6.45, 7) is 1.64. The number of anilines is 1. The number of benzene rings is 1. The van der Waals surface area contributed by atoms with Gasteiger partial charge in [0.25, 0.3) is 0 Å². The first-order valence-corrected chi connectivity index (χ1v) is 5.60. The Hall–Kier alpha value is -1.45. The van der Waals surface area contributed by atoms with Gasteiger partial charge in [0.1, 0.15) is 0 Å². The van der Waals surface area contributed by atoms with Gasteiger partial charge in [0.2, 0.25) is 0 Å². The fourth-order valence-corrected chi connectivity index (χ4v) is 1.97. The van der Waals surface area contributed by atoms with Gasteiger partial charge in [-0.05, 0) is 24.1 Å². The van der Waals surface area contributed by atoms with Crippen molar-refractivity contribution in [3.63, 3.8) is 0 Å². The van der Waals surface area contributed by atoms with Crippen LogP contribution in [0.3, 0.4) is 0 Å². The Labute approximate surface area is 98.5 Å². The fraction of sp³-hybridized carbons (Fsp3) is 0.385. The van der Waals surface area contributed by atoms with Gasteiger partial charge in [-0.1, -0.05) is 24.3 Å². The summed E-state index contributed by atoms with van der Waals surface area (Å²) >= 11 is 0. The third-order valence-corrected chi connectivity index (χ3v) is 2.74. The van der Waals surface area contributed by atoms with Gasteiger partial charge in [-0.2, -0.15) is 13.2 Å². The topological polar surface area (TPSA) is 3.24 Å². The molecule has 0 bridgehead atoms. The number of halogens is 3. The van der Waals surface area contributed by atoms with Gasteiger partial charge in [0.05, 0.1) is 6.42 Å². The first kappa shape index (κ1) is 12.0. The minimum absolute atomic E-state index is 0.324. The maximum atomic E-state index is 12.3. The lowest BCUT2D eigenvalue weighted by Gasteiger charge is -2.26. The van der Waals surface area contributed by atoms with Gasteiger partial charge >= 0.3 is 6.18 Å². The lowest BCUT2D eigenvalue weighted by atomic mass is 10.1. The predicted molar refractivity (Wildman–Crippen MR) is 62.2 cm³/mol. The molecule has 0 unspecified atom stereocenters. The quantitative estimate of drug-likeness (QED) is 0.716. The summed E-state index contributed by atoms with van der Waals surface area (Å²) in [6.07, 6.45) is 0.0877. The van der Waals surface area contributed by atoms with E-state index in [1.165, 1.54) is 6.07 Å². The number of nitrogens with zero attached hydrogens (tertiary/aromatic N) is 1. The van der Waals surface area contributed by atoms with Crippen molar-refractivity contribution in [3.8, 4) is 0 Å². The first-order chi connectivity index (χ1) is 8.04. The average Bonchev–Trinajstić information content (AvgIpc) is 2.28. The maximum Gasteiger partial charge on any atom is 0.393 e. The van der Waals surface area contributed by atoms with Crippen molar-refractivity contribution in [2.45, 2.75) is 19.0 Å². The number of alkyl halides is 3. The van der Waals surface area contributed by atoms with Crippen molar-refractivity contribution in [2.24, 2.45) is 0 Å². The summed E-state index contributed by atoms with van der Waals surface area (Å²) in [6, 6.07) is 6.71. The number of hydrogen-bond donors (Lipinski definition) is 0. The lowest BCUT2D eigenvalue weighted by Crippen LogP contribution is -2.26. The summed E-state index contributed by atoms with van der Waals surface area (Å²) in [4.78, 5) is 2.08. The minimum atomic E-state index is -4.14. The van der Waals surface area contributed by atoms with E-state index >= 15 is 0 Å². The number of hydrogen-bond acceptors (Lipinski definition) is 1. The van der Waals surface area contributed by atoms with Crippen LogP contribution in [0.4, 0.5) is 18.9 Å². The summed E-state index contributed by atoms with van der Waals surface area (Å²) < 4.78 is 36.9. The van der Waals surface area contributed by atoms with Gasteiger partial charge in [-0.25, -0.2) is 0 Å². The molecule has 0 saturated carbocycles. The molecule has 1 aromatic rings. The Bertz CT molecular complexity index is 409. The highest BCUT2D eigenvalue weighted by atomic mass is 19.4. The summed E-state index contributed by atoms with van der Waals surface area (Å²) in [5.41, 5.74) is 1.20. The minimum Gasteiger partial charge on any atom is -0.367 e. The molecule has 2 rings (SSSR count). The Morgan fingerprint density at radius 1 is 1.18 bits per heavy atom. The van der Waals surface area contributed by atoms with Gasteiger partial charge in [0.15, 0.2) is 0 Å². The van der Waals surface area contributed by atoms with Crippen molar-refractivity contribution in [1.29, 1.82) is 0 Å². The number of rotatable bonds is 2. The molecule has 1 nitrogen and oxygen atoms in total. The summed E-state index contributed by atoms with van der Waals surface area (Å²) in [5.74, 6) is 0. The van der Waals surface area contributed by atoms with Crippen LogP contribution in [0.5, 0.6) is 0 Å². The maximum absolute atomic E-state index is 12.3. The summed E-state index contributed by atoms with van der Waals surface area (Å²) in [7, 11) is 0. The van der Waals surface area contributed by atoms with Gasteiger partial charge in [0, 0.05) is 18.8 Å². The first-order valence-electron chi connectivity index (χ1n) is 5.60. The Morgan fingerprint density at radius 3 is 2.65 bits per heavy atom. The van der Waals surface area contributed by atoms with E-state index in [2.05, 4.69) is 11.0 Å². The fourth-order valence-electron chi connectivity index (χ4n) is 1.97. The molecule has 4 heteroatoms. The van der Waals surface area contributed by atoms with E-state index in [9.17, 15) is 13.2 Å². The van der Waals surface area contributed by atoms with Crippen LogP contribution >= 0.6 is 0 Å². The van der Waals surface area contributed by atoms with Crippen molar-refractivity contribution in [2.75, 3.05) is 18.0 Å². The van der Waals surface area contributed by atoms with Crippen LogP contribution in [0.15, 0.2) is 36.4 Å². The zero-order valence-corrected chi connectivity index (χ0v) is 9.37. The third-order valence-electron chi connectivity index (χ3n) is 2.74. The molecule has 0 saturated heterocycles. The molecule has 0 spiro atoms. The van der Waals surface area contributed by atoms with Crippen molar-refractivity contribution >= 4 is 5.69 Å². The standard InChI is InChI=1S/C13H14F3N/c14-13(15,16)10-11-5-4-6-12(9-11)17-7-2-1-3-8-17/h1-2,4-6,9H,3,7-8,10H2. The molecule has 92 valence electrons. The highest BCUT2D eigenvalue weighted by molar-refractivity contribution is 5.50. The second-order valence-corrected chi connectivity index (χ2v) is 4.17. The Morgan fingerprint density at radius 2 is 2.00 bits per heavy atom. The Kier molecular flexibility index (Phi) is 3.41. The molecule has 1 aliphatic rings. The molecule has 0 aromatic heterocycles. The van der Waals surface area contributed by atoms with Crippen LogP contribution in [-0.4, -0.2) is 19.3 Å². The van der Waals surface area contributed by atoms with E-state index in [1.54, 1.807) is 12.1 Å². The SMILES string of the molecule is FC(F)(F)Cc1cccc(N2CC=CCC2)c1. The molecule has 0 radical (unpaired) electrons. The monoisotopic (exact) mass is 241 g/mol. The van der Waals surface area contributed by atoms with E-state index in [1.807, 2.05) is 12.1 Å². The van der Waals surface area contributed by atoms with E-state index in [0.717, 1.165) is 25.2 Å².